The first-order valence-corrected chi connectivity index (χ1v) is 8.36. The topological polar surface area (TPSA) is 60.5 Å². The van der Waals surface area contributed by atoms with Gasteiger partial charge in [0.15, 0.2) is 0 Å². The van der Waals surface area contributed by atoms with Crippen molar-refractivity contribution in [1.29, 1.82) is 0 Å². The number of carbonyl (C=O) groups excluding carboxylic acids is 1. The van der Waals surface area contributed by atoms with Crippen LogP contribution in [0.4, 0.5) is 5.69 Å². The molecule has 0 bridgehead atoms. The molecule has 126 valence electrons. The fourth-order valence-electron chi connectivity index (χ4n) is 2.70. The lowest BCUT2D eigenvalue weighted by Gasteiger charge is -2.11. The Morgan fingerprint density at radius 3 is 2.92 bits per heavy atom. The van der Waals surface area contributed by atoms with Crippen LogP contribution in [0.2, 0.25) is 0 Å². The number of nitrogens with one attached hydrogen (secondary N) is 1. The van der Waals surface area contributed by atoms with Crippen molar-refractivity contribution < 1.29 is 14.3 Å². The van der Waals surface area contributed by atoms with Crippen molar-refractivity contribution in [2.24, 2.45) is 0 Å². The van der Waals surface area contributed by atoms with Gasteiger partial charge in [0, 0.05) is 24.6 Å². The molecule has 0 spiro atoms. The number of carbonyl (C=O) groups is 1. The van der Waals surface area contributed by atoms with Crippen molar-refractivity contribution in [3.63, 3.8) is 0 Å². The maximum absolute atomic E-state index is 12.3. The van der Waals surface area contributed by atoms with E-state index in [1.54, 1.807) is 12.1 Å². The quantitative estimate of drug-likeness (QED) is 0.883. The minimum absolute atomic E-state index is 0.153. The zero-order chi connectivity index (χ0) is 16.8. The molecule has 1 saturated heterocycles. The third-order valence-corrected chi connectivity index (χ3v) is 4.09. The van der Waals surface area contributed by atoms with E-state index >= 15 is 0 Å². The second-order valence-corrected chi connectivity index (χ2v) is 5.80. The van der Waals surface area contributed by atoms with Crippen molar-refractivity contribution >= 4 is 11.6 Å². The fourth-order valence-corrected chi connectivity index (χ4v) is 2.70. The number of hydrogen-bond acceptors (Lipinski definition) is 4. The van der Waals surface area contributed by atoms with Gasteiger partial charge in [-0.3, -0.25) is 4.79 Å². The molecule has 5 nitrogen and oxygen atoms in total. The van der Waals surface area contributed by atoms with E-state index < -0.39 is 0 Å². The highest BCUT2D eigenvalue weighted by Gasteiger charge is 2.16. The molecule has 5 heteroatoms. The monoisotopic (exact) mass is 326 g/mol. The van der Waals surface area contributed by atoms with Crippen molar-refractivity contribution in [2.45, 2.75) is 32.3 Å². The van der Waals surface area contributed by atoms with Crippen molar-refractivity contribution in [3.8, 4) is 5.88 Å². The summed E-state index contributed by atoms with van der Waals surface area (Å²) in [6.45, 7) is 3.37. The summed E-state index contributed by atoms with van der Waals surface area (Å²) in [7, 11) is 0. The highest BCUT2D eigenvalue weighted by molar-refractivity contribution is 6.04. The van der Waals surface area contributed by atoms with E-state index in [1.165, 1.54) is 6.20 Å². The Kier molecular flexibility index (Phi) is 5.43. The normalized spacial score (nSPS) is 16.8. The molecule has 1 aliphatic heterocycles. The molecule has 24 heavy (non-hydrogen) atoms. The molecule has 1 amide bonds. The molecule has 0 unspecified atom stereocenters. The Morgan fingerprint density at radius 2 is 2.21 bits per heavy atom. The summed E-state index contributed by atoms with van der Waals surface area (Å²) in [5.74, 6) is 0.338. The number of ether oxygens (including phenoxy) is 2. The van der Waals surface area contributed by atoms with Crippen LogP contribution < -0.4 is 10.1 Å². The van der Waals surface area contributed by atoms with Crippen LogP contribution >= 0.6 is 0 Å². The van der Waals surface area contributed by atoms with Crippen LogP contribution in [-0.2, 0) is 11.2 Å². The minimum atomic E-state index is -0.172. The molecule has 1 aromatic heterocycles. The van der Waals surface area contributed by atoms with E-state index in [-0.39, 0.29) is 12.0 Å². The predicted molar refractivity (Wildman–Crippen MR) is 92.5 cm³/mol. The van der Waals surface area contributed by atoms with Gasteiger partial charge in [-0.25, -0.2) is 4.98 Å². The third-order valence-electron chi connectivity index (χ3n) is 4.09. The molecule has 2 aromatic rings. The number of aryl methyl sites for hydroxylation is 1. The Bertz CT molecular complexity index is 679. The first-order chi connectivity index (χ1) is 11.8. The van der Waals surface area contributed by atoms with E-state index in [2.05, 4.69) is 17.2 Å². The van der Waals surface area contributed by atoms with Crippen LogP contribution in [0, 0.1) is 0 Å². The average Bonchev–Trinajstić information content (AvgIpc) is 3.14. The maximum Gasteiger partial charge on any atom is 0.257 e. The number of anilines is 1. The van der Waals surface area contributed by atoms with E-state index in [0.29, 0.717) is 18.1 Å². The highest BCUT2D eigenvalue weighted by Crippen LogP contribution is 2.18. The van der Waals surface area contributed by atoms with E-state index in [0.717, 1.165) is 37.1 Å². The van der Waals surface area contributed by atoms with Gasteiger partial charge in [-0.2, -0.15) is 0 Å². The lowest BCUT2D eigenvalue weighted by Crippen LogP contribution is -2.17. The summed E-state index contributed by atoms with van der Waals surface area (Å²) in [5, 5.41) is 2.93. The number of para-hydroxylation sites is 1. The number of pyridine rings is 1. The Hall–Kier alpha value is -2.40. The van der Waals surface area contributed by atoms with Crippen LogP contribution in [0.5, 0.6) is 5.88 Å². The molecular weight excluding hydrogens is 304 g/mol. The lowest BCUT2D eigenvalue weighted by atomic mass is 10.1. The largest absolute Gasteiger partial charge is 0.475 e. The predicted octanol–water partition coefficient (Wildman–Crippen LogP) is 3.45. The third kappa shape index (κ3) is 4.11. The molecule has 1 fully saturated rings. The van der Waals surface area contributed by atoms with Crippen molar-refractivity contribution in [3.05, 3.63) is 53.7 Å². The molecule has 1 atom stereocenters. The van der Waals surface area contributed by atoms with Gasteiger partial charge in [-0.15, -0.1) is 0 Å². The fraction of sp³-hybridized carbons (Fsp3) is 0.368. The van der Waals surface area contributed by atoms with Gasteiger partial charge in [-0.1, -0.05) is 25.1 Å². The van der Waals surface area contributed by atoms with Crippen LogP contribution in [-0.4, -0.2) is 30.2 Å². The summed E-state index contributed by atoms with van der Waals surface area (Å²) >= 11 is 0. The molecule has 3 rings (SSSR count). The molecular formula is C19H22N2O3. The molecule has 2 heterocycles. The minimum Gasteiger partial charge on any atom is -0.475 e. The molecule has 0 radical (unpaired) electrons. The zero-order valence-electron chi connectivity index (χ0n) is 13.8. The summed E-state index contributed by atoms with van der Waals surface area (Å²) in [6, 6.07) is 11.2. The second-order valence-electron chi connectivity index (χ2n) is 5.80. The molecule has 0 aliphatic carbocycles. The van der Waals surface area contributed by atoms with Gasteiger partial charge in [0.1, 0.15) is 6.61 Å². The van der Waals surface area contributed by atoms with Gasteiger partial charge in [0.2, 0.25) is 5.88 Å². The van der Waals surface area contributed by atoms with Crippen molar-refractivity contribution in [1.82, 2.24) is 4.98 Å². The first-order valence-electron chi connectivity index (χ1n) is 8.36. The summed E-state index contributed by atoms with van der Waals surface area (Å²) in [4.78, 5) is 16.6. The van der Waals surface area contributed by atoms with Crippen molar-refractivity contribution in [2.75, 3.05) is 18.5 Å². The SMILES string of the molecule is CCc1ccccc1NC(=O)c1ccc(OC[C@@H]2CCCO2)nc1. The number of benzene rings is 1. The second kappa shape index (κ2) is 7.93. The number of amides is 1. The molecule has 0 saturated carbocycles. The molecule has 1 aromatic carbocycles. The average molecular weight is 326 g/mol. The van der Waals surface area contributed by atoms with E-state index in [1.807, 2.05) is 24.3 Å². The van der Waals surface area contributed by atoms with Crippen LogP contribution in [0.1, 0.15) is 35.7 Å². The van der Waals surface area contributed by atoms with Gasteiger partial charge >= 0.3 is 0 Å². The van der Waals surface area contributed by atoms with Gasteiger partial charge in [0.25, 0.3) is 5.91 Å². The highest BCUT2D eigenvalue weighted by atomic mass is 16.5. The summed E-state index contributed by atoms with van der Waals surface area (Å²) in [6.07, 6.45) is 4.66. The Balaban J connectivity index is 1.59. The van der Waals surface area contributed by atoms with Gasteiger partial charge < -0.3 is 14.8 Å². The zero-order valence-corrected chi connectivity index (χ0v) is 13.8. The standard InChI is InChI=1S/C19H22N2O3/c1-2-14-6-3-4-8-17(14)21-19(22)15-9-10-18(20-12-15)24-13-16-7-5-11-23-16/h3-4,6,8-10,12,16H,2,5,7,11,13H2,1H3,(H,21,22)/t16-/m0/s1. The van der Waals surface area contributed by atoms with Crippen LogP contribution in [0.3, 0.4) is 0 Å². The smallest absolute Gasteiger partial charge is 0.257 e. The van der Waals surface area contributed by atoms with Gasteiger partial charge in [0.05, 0.1) is 11.7 Å². The summed E-state index contributed by atoms with van der Waals surface area (Å²) < 4.78 is 11.1. The lowest BCUT2D eigenvalue weighted by molar-refractivity contribution is 0.0663. The Morgan fingerprint density at radius 1 is 1.33 bits per heavy atom. The number of rotatable bonds is 6. The maximum atomic E-state index is 12.3. The number of hydrogen-bond donors (Lipinski definition) is 1. The molecule has 1 N–H and O–H groups in total. The molecule has 1 aliphatic rings. The van der Waals surface area contributed by atoms with Crippen LogP contribution in [0.25, 0.3) is 0 Å². The number of nitrogens with zero attached hydrogens (tertiary/aromatic N) is 1. The van der Waals surface area contributed by atoms with Gasteiger partial charge in [-0.05, 0) is 37.0 Å². The number of aromatic nitrogens is 1. The van der Waals surface area contributed by atoms with E-state index in [9.17, 15) is 4.79 Å². The first kappa shape index (κ1) is 16.5. The Labute approximate surface area is 142 Å². The van der Waals surface area contributed by atoms with E-state index in [4.69, 9.17) is 9.47 Å². The summed E-state index contributed by atoms with van der Waals surface area (Å²) in [5.41, 5.74) is 2.45. The van der Waals surface area contributed by atoms with Crippen LogP contribution in [0.15, 0.2) is 42.6 Å².